The molecule has 0 aliphatic carbocycles. The van der Waals surface area contributed by atoms with E-state index in [-0.39, 0.29) is 17.9 Å². The monoisotopic (exact) mass is 604 g/mol. The van der Waals surface area contributed by atoms with Gasteiger partial charge in [-0.3, -0.25) is 15.0 Å². The summed E-state index contributed by atoms with van der Waals surface area (Å²) in [5.74, 6) is -1.59. The van der Waals surface area contributed by atoms with Crippen molar-refractivity contribution < 1.29 is 24.2 Å². The van der Waals surface area contributed by atoms with Crippen molar-refractivity contribution in [2.24, 2.45) is 0 Å². The van der Waals surface area contributed by atoms with E-state index in [1.807, 2.05) is 22.6 Å². The smallest absolute Gasteiger partial charge is 0.338 e. The topological polar surface area (TPSA) is 95.9 Å². The number of benzene rings is 2. The van der Waals surface area contributed by atoms with E-state index < -0.39 is 17.8 Å². The number of halogens is 2. The number of ether oxygens (including phenoxy) is 1. The number of nitrogens with zero attached hydrogens (tertiary/aromatic N) is 1. The molecule has 1 heterocycles. The summed E-state index contributed by atoms with van der Waals surface area (Å²) in [7, 11) is 0. The molecule has 0 spiro atoms. The molecular formula is C19H14I2N2O5. The van der Waals surface area contributed by atoms with Crippen molar-refractivity contribution in [1.82, 2.24) is 5.43 Å². The van der Waals surface area contributed by atoms with Crippen LogP contribution in [0.4, 0.5) is 5.69 Å². The molecule has 3 rings (SSSR count). The SMILES string of the molecule is CCOC(=O)c1ccc(N2NC(=O)/C(=C/c3cc(I)cc(I)c3O)C2=O)cc1. The number of amides is 2. The van der Waals surface area contributed by atoms with Crippen LogP contribution in [0.15, 0.2) is 42.0 Å². The molecule has 1 aliphatic heterocycles. The zero-order chi connectivity index (χ0) is 20.4. The second kappa shape index (κ2) is 8.47. The van der Waals surface area contributed by atoms with E-state index in [0.29, 0.717) is 20.4 Å². The summed E-state index contributed by atoms with van der Waals surface area (Å²) >= 11 is 4.08. The molecule has 7 nitrogen and oxygen atoms in total. The molecule has 0 bridgehead atoms. The van der Waals surface area contributed by atoms with Gasteiger partial charge in [-0.15, -0.1) is 0 Å². The van der Waals surface area contributed by atoms with Gasteiger partial charge >= 0.3 is 5.97 Å². The first-order chi connectivity index (χ1) is 13.3. The molecule has 1 fully saturated rings. The number of nitrogens with one attached hydrogen (secondary N) is 1. The highest BCUT2D eigenvalue weighted by Crippen LogP contribution is 2.30. The van der Waals surface area contributed by atoms with Crippen LogP contribution in [0.2, 0.25) is 0 Å². The lowest BCUT2D eigenvalue weighted by atomic mass is 10.1. The second-order valence-corrected chi connectivity index (χ2v) is 8.14. The van der Waals surface area contributed by atoms with Gasteiger partial charge in [-0.1, -0.05) is 0 Å². The lowest BCUT2D eigenvalue weighted by Gasteiger charge is -2.14. The van der Waals surface area contributed by atoms with Gasteiger partial charge in [0.05, 0.1) is 21.4 Å². The molecule has 144 valence electrons. The minimum Gasteiger partial charge on any atom is -0.506 e. The molecule has 2 aromatic carbocycles. The molecule has 0 unspecified atom stereocenters. The van der Waals surface area contributed by atoms with E-state index in [9.17, 15) is 19.5 Å². The summed E-state index contributed by atoms with van der Waals surface area (Å²) in [6, 6.07) is 9.58. The standard InChI is InChI=1S/C19H14I2N2O5/c1-2-28-19(27)10-3-5-13(6-4-10)23-18(26)14(17(25)22-23)8-11-7-12(20)9-15(21)16(11)24/h3-9,24H,2H2,1H3,(H,22,25)/b14-8-. The molecule has 0 atom stereocenters. The average molecular weight is 604 g/mol. The van der Waals surface area contributed by atoms with Crippen LogP contribution in [-0.2, 0) is 14.3 Å². The Labute approximate surface area is 188 Å². The number of carbonyl (C=O) groups excluding carboxylic acids is 3. The summed E-state index contributed by atoms with van der Waals surface area (Å²) < 4.78 is 6.41. The predicted molar refractivity (Wildman–Crippen MR) is 120 cm³/mol. The van der Waals surface area contributed by atoms with E-state index in [2.05, 4.69) is 28.0 Å². The van der Waals surface area contributed by atoms with Crippen LogP contribution < -0.4 is 10.4 Å². The van der Waals surface area contributed by atoms with Crippen molar-refractivity contribution in [3.05, 3.63) is 60.2 Å². The first kappa shape index (κ1) is 20.6. The van der Waals surface area contributed by atoms with Gasteiger partial charge in [0.1, 0.15) is 11.3 Å². The summed E-state index contributed by atoms with van der Waals surface area (Å²) in [6.45, 7) is 1.98. The van der Waals surface area contributed by atoms with Gasteiger partial charge in [0.25, 0.3) is 11.8 Å². The van der Waals surface area contributed by atoms with Gasteiger partial charge in [0.2, 0.25) is 0 Å². The minimum atomic E-state index is -0.576. The molecule has 28 heavy (non-hydrogen) atoms. The minimum absolute atomic E-state index is 0.00588. The van der Waals surface area contributed by atoms with Crippen molar-refractivity contribution in [3.8, 4) is 5.75 Å². The maximum atomic E-state index is 12.7. The Morgan fingerprint density at radius 3 is 2.54 bits per heavy atom. The van der Waals surface area contributed by atoms with Gasteiger partial charge < -0.3 is 9.84 Å². The number of rotatable bonds is 4. The molecule has 2 N–H and O–H groups in total. The van der Waals surface area contributed by atoms with Crippen molar-refractivity contribution >= 4 is 74.7 Å². The van der Waals surface area contributed by atoms with Crippen LogP contribution in [0.1, 0.15) is 22.8 Å². The Kier molecular flexibility index (Phi) is 6.23. The molecule has 2 amide bonds. The highest BCUT2D eigenvalue weighted by atomic mass is 127. The van der Waals surface area contributed by atoms with Crippen LogP contribution in [0, 0.1) is 7.14 Å². The molecule has 1 aliphatic rings. The average Bonchev–Trinajstić information content (AvgIpc) is 2.94. The largest absolute Gasteiger partial charge is 0.506 e. The third-order valence-corrected chi connectivity index (χ3v) is 5.33. The fourth-order valence-electron chi connectivity index (χ4n) is 2.55. The number of anilines is 1. The Morgan fingerprint density at radius 2 is 1.89 bits per heavy atom. The number of hydrogen-bond donors (Lipinski definition) is 2. The van der Waals surface area contributed by atoms with Gasteiger partial charge in [-0.2, -0.15) is 0 Å². The van der Waals surface area contributed by atoms with E-state index in [0.717, 1.165) is 8.58 Å². The summed E-state index contributed by atoms with van der Waals surface area (Å²) in [4.78, 5) is 36.8. The van der Waals surface area contributed by atoms with E-state index in [1.54, 1.807) is 31.2 Å². The van der Waals surface area contributed by atoms with Crippen LogP contribution in [0.3, 0.4) is 0 Å². The van der Waals surface area contributed by atoms with Crippen molar-refractivity contribution in [1.29, 1.82) is 0 Å². The maximum Gasteiger partial charge on any atom is 0.338 e. The number of hydrogen-bond acceptors (Lipinski definition) is 5. The summed E-state index contributed by atoms with van der Waals surface area (Å²) in [5, 5.41) is 11.3. The van der Waals surface area contributed by atoms with Gasteiger partial charge in [0.15, 0.2) is 0 Å². The van der Waals surface area contributed by atoms with Crippen LogP contribution in [0.25, 0.3) is 6.08 Å². The fourth-order valence-corrected chi connectivity index (χ4v) is 4.44. The molecule has 2 aromatic rings. The molecular weight excluding hydrogens is 590 g/mol. The van der Waals surface area contributed by atoms with E-state index in [1.165, 1.54) is 18.2 Å². The zero-order valence-corrected chi connectivity index (χ0v) is 18.8. The quantitative estimate of drug-likeness (QED) is 0.242. The van der Waals surface area contributed by atoms with Crippen LogP contribution in [0.5, 0.6) is 5.75 Å². The first-order valence-corrected chi connectivity index (χ1v) is 10.3. The maximum absolute atomic E-state index is 12.7. The second-order valence-electron chi connectivity index (χ2n) is 5.73. The number of carbonyl (C=O) groups is 3. The molecule has 0 radical (unpaired) electrons. The third kappa shape index (κ3) is 4.14. The van der Waals surface area contributed by atoms with E-state index >= 15 is 0 Å². The van der Waals surface area contributed by atoms with Crippen molar-refractivity contribution in [3.63, 3.8) is 0 Å². The Morgan fingerprint density at radius 1 is 1.21 bits per heavy atom. The zero-order valence-electron chi connectivity index (χ0n) is 14.5. The lowest BCUT2D eigenvalue weighted by Crippen LogP contribution is -2.35. The number of aromatic hydroxyl groups is 1. The molecule has 0 aromatic heterocycles. The van der Waals surface area contributed by atoms with Crippen LogP contribution in [-0.4, -0.2) is 29.5 Å². The van der Waals surface area contributed by atoms with Gasteiger partial charge in [-0.25, -0.2) is 9.80 Å². The Balaban J connectivity index is 1.89. The highest BCUT2D eigenvalue weighted by Gasteiger charge is 2.34. The van der Waals surface area contributed by atoms with Crippen molar-refractivity contribution in [2.75, 3.05) is 11.6 Å². The number of phenolic OH excluding ortho intramolecular Hbond substituents is 1. The molecule has 1 saturated heterocycles. The molecule has 9 heteroatoms. The Bertz CT molecular complexity index is 1000. The molecule has 0 saturated carbocycles. The Hall–Kier alpha value is -2.15. The van der Waals surface area contributed by atoms with Gasteiger partial charge in [0, 0.05) is 9.13 Å². The highest BCUT2D eigenvalue weighted by molar-refractivity contribution is 14.1. The summed E-state index contributed by atoms with van der Waals surface area (Å²) in [5.41, 5.74) is 3.52. The number of phenols is 1. The summed E-state index contributed by atoms with van der Waals surface area (Å²) in [6.07, 6.45) is 1.37. The number of hydrazine groups is 1. The lowest BCUT2D eigenvalue weighted by molar-refractivity contribution is -0.117. The first-order valence-electron chi connectivity index (χ1n) is 8.14. The van der Waals surface area contributed by atoms with Crippen molar-refractivity contribution in [2.45, 2.75) is 6.92 Å². The fraction of sp³-hybridized carbons (Fsp3) is 0.105. The number of esters is 1. The van der Waals surface area contributed by atoms with E-state index in [4.69, 9.17) is 4.74 Å². The predicted octanol–water partition coefficient (Wildman–Crippen LogP) is 3.24. The van der Waals surface area contributed by atoms with Crippen LogP contribution >= 0.6 is 45.2 Å². The third-order valence-electron chi connectivity index (χ3n) is 3.89. The van der Waals surface area contributed by atoms with Gasteiger partial charge in [-0.05, 0) is 94.6 Å². The normalized spacial score (nSPS) is 15.1.